The molecule has 0 radical (unpaired) electrons. The number of hydrogen-bond acceptors (Lipinski definition) is 6. The molecule has 2 aromatic carbocycles. The highest BCUT2D eigenvalue weighted by Crippen LogP contribution is 2.35. The molecule has 0 atom stereocenters. The summed E-state index contributed by atoms with van der Waals surface area (Å²) in [6.45, 7) is 2.83. The number of likely N-dealkylation sites (tertiary alicyclic amines) is 1. The van der Waals surface area contributed by atoms with Crippen LogP contribution >= 0.6 is 0 Å². The molecule has 0 unspecified atom stereocenters. The Balaban J connectivity index is 1.57. The highest BCUT2D eigenvalue weighted by atomic mass is 19.3. The van der Waals surface area contributed by atoms with Crippen molar-refractivity contribution in [2.24, 2.45) is 5.73 Å². The number of pyridine rings is 1. The van der Waals surface area contributed by atoms with Crippen LogP contribution in [0.5, 0.6) is 17.2 Å². The van der Waals surface area contributed by atoms with E-state index in [1.165, 1.54) is 54.6 Å². The van der Waals surface area contributed by atoms with Crippen molar-refractivity contribution in [3.8, 4) is 17.2 Å². The summed E-state index contributed by atoms with van der Waals surface area (Å²) in [6, 6.07) is 8.62. The number of ether oxygens (including phenoxy) is 2. The minimum absolute atomic E-state index is 0.0828. The third-order valence-corrected chi connectivity index (χ3v) is 4.95. The molecule has 10 heteroatoms. The average Bonchev–Trinajstić information content (AvgIpc) is 2.72. The normalized spacial score (nSPS) is 14.6. The molecule has 1 aliphatic heterocycles. The summed E-state index contributed by atoms with van der Waals surface area (Å²) in [5, 5.41) is 3.24. The minimum Gasteiger partial charge on any atom is -0.496 e. The van der Waals surface area contributed by atoms with Crippen LogP contribution in [0.25, 0.3) is 10.9 Å². The van der Waals surface area contributed by atoms with E-state index < -0.39 is 30.7 Å². The highest BCUT2D eigenvalue weighted by Gasteiger charge is 2.44. The van der Waals surface area contributed by atoms with Crippen molar-refractivity contribution in [1.82, 2.24) is 9.88 Å². The number of nitrogens with two attached hydrogens (primary N) is 1. The van der Waals surface area contributed by atoms with Gasteiger partial charge in [-0.2, -0.15) is 0 Å². The number of halogens is 3. The molecule has 1 aromatic heterocycles. The number of nitrogens with one attached hydrogen (secondary N) is 1. The lowest BCUT2D eigenvalue weighted by molar-refractivity contribution is -0.115. The van der Waals surface area contributed by atoms with E-state index in [2.05, 4.69) is 16.9 Å². The van der Waals surface area contributed by atoms with Gasteiger partial charge in [0.2, 0.25) is 0 Å². The zero-order chi connectivity index (χ0) is 23.0. The second kappa shape index (κ2) is 7.95. The maximum atomic E-state index is 14.7. The molecule has 3 N–H and O–H groups in total. The summed E-state index contributed by atoms with van der Waals surface area (Å²) in [7, 11) is 1.40. The molecule has 32 heavy (non-hydrogen) atoms. The fourth-order valence-corrected chi connectivity index (χ4v) is 3.33. The molecule has 7 nitrogen and oxygen atoms in total. The lowest BCUT2D eigenvalue weighted by atomic mass is 10.1. The second-order valence-electron chi connectivity index (χ2n) is 7.27. The van der Waals surface area contributed by atoms with Crippen LogP contribution < -0.4 is 20.5 Å². The van der Waals surface area contributed by atoms with Crippen molar-refractivity contribution in [2.75, 3.05) is 25.5 Å². The van der Waals surface area contributed by atoms with Crippen LogP contribution in [0, 0.1) is 5.82 Å². The molecule has 0 saturated carbocycles. The summed E-state index contributed by atoms with van der Waals surface area (Å²) in [5.74, 6) is -3.44. The SMILES string of the molecule is C=C(Nc1ccc(Oc2ccnc3cc(OC)c(C(N)=O)cc23)c(F)c1)N1CC(F)(F)C1. The largest absolute Gasteiger partial charge is 0.496 e. The predicted molar refractivity (Wildman–Crippen MR) is 113 cm³/mol. The van der Waals surface area contributed by atoms with Crippen molar-refractivity contribution in [2.45, 2.75) is 5.92 Å². The van der Waals surface area contributed by atoms with E-state index in [-0.39, 0.29) is 28.6 Å². The molecular weight excluding hydrogens is 425 g/mol. The van der Waals surface area contributed by atoms with Gasteiger partial charge in [0.25, 0.3) is 11.8 Å². The number of carbonyl (C=O) groups is 1. The summed E-state index contributed by atoms with van der Waals surface area (Å²) >= 11 is 0. The molecule has 0 aliphatic carbocycles. The van der Waals surface area contributed by atoms with Gasteiger partial charge in [-0.15, -0.1) is 0 Å². The Kier molecular flexibility index (Phi) is 5.29. The van der Waals surface area contributed by atoms with Gasteiger partial charge in [0, 0.05) is 29.4 Å². The van der Waals surface area contributed by atoms with Gasteiger partial charge in [-0.05, 0) is 24.3 Å². The van der Waals surface area contributed by atoms with Crippen LogP contribution in [0.4, 0.5) is 18.9 Å². The van der Waals surface area contributed by atoms with Gasteiger partial charge < -0.3 is 25.4 Å². The van der Waals surface area contributed by atoms with E-state index in [1.807, 2.05) is 0 Å². The molecule has 1 saturated heterocycles. The summed E-state index contributed by atoms with van der Waals surface area (Å²) in [6.07, 6.45) is 1.47. The Labute approximate surface area is 181 Å². The molecule has 1 amide bonds. The summed E-state index contributed by atoms with van der Waals surface area (Å²) in [5.41, 5.74) is 6.34. The molecular formula is C22H19F3N4O3. The first-order chi connectivity index (χ1) is 15.2. The van der Waals surface area contributed by atoms with Crippen molar-refractivity contribution in [3.05, 3.63) is 66.4 Å². The predicted octanol–water partition coefficient (Wildman–Crippen LogP) is 4.11. The third kappa shape index (κ3) is 4.11. The Bertz CT molecular complexity index is 1220. The molecule has 1 fully saturated rings. The number of carbonyl (C=O) groups excluding carboxylic acids is 1. The van der Waals surface area contributed by atoms with Gasteiger partial charge in [0.05, 0.1) is 37.1 Å². The van der Waals surface area contributed by atoms with Crippen LogP contribution in [0.3, 0.4) is 0 Å². The quantitative estimate of drug-likeness (QED) is 0.570. The Morgan fingerprint density at radius 3 is 2.56 bits per heavy atom. The monoisotopic (exact) mass is 444 g/mol. The number of alkyl halides is 2. The van der Waals surface area contributed by atoms with E-state index in [0.717, 1.165) is 0 Å². The number of amides is 1. The van der Waals surface area contributed by atoms with Gasteiger partial charge in [-0.1, -0.05) is 6.58 Å². The maximum absolute atomic E-state index is 14.7. The number of anilines is 1. The van der Waals surface area contributed by atoms with E-state index in [1.54, 1.807) is 0 Å². The van der Waals surface area contributed by atoms with Gasteiger partial charge in [0.15, 0.2) is 11.6 Å². The van der Waals surface area contributed by atoms with Crippen LogP contribution in [-0.2, 0) is 0 Å². The number of nitrogens with zero attached hydrogens (tertiary/aromatic N) is 2. The number of aromatic nitrogens is 1. The molecule has 0 spiro atoms. The molecule has 4 rings (SSSR count). The number of methoxy groups -OCH3 is 1. The highest BCUT2D eigenvalue weighted by molar-refractivity contribution is 6.01. The van der Waals surface area contributed by atoms with Crippen LogP contribution in [0.15, 0.2) is 55.0 Å². The van der Waals surface area contributed by atoms with Gasteiger partial charge in [-0.25, -0.2) is 13.2 Å². The molecule has 3 aromatic rings. The Morgan fingerprint density at radius 2 is 1.94 bits per heavy atom. The lowest BCUT2D eigenvalue weighted by Gasteiger charge is -2.41. The van der Waals surface area contributed by atoms with E-state index in [4.69, 9.17) is 15.2 Å². The van der Waals surface area contributed by atoms with E-state index >= 15 is 0 Å². The first-order valence-electron chi connectivity index (χ1n) is 9.49. The van der Waals surface area contributed by atoms with Gasteiger partial charge >= 0.3 is 0 Å². The number of rotatable bonds is 7. The van der Waals surface area contributed by atoms with Crippen molar-refractivity contribution in [3.63, 3.8) is 0 Å². The Morgan fingerprint density at radius 1 is 1.19 bits per heavy atom. The number of fused-ring (bicyclic) bond motifs is 1. The minimum atomic E-state index is -2.74. The number of primary amides is 1. The molecule has 0 bridgehead atoms. The van der Waals surface area contributed by atoms with Gasteiger partial charge in [-0.3, -0.25) is 9.78 Å². The lowest BCUT2D eigenvalue weighted by Crippen LogP contribution is -2.56. The standard InChI is InChI=1S/C22H19F3N4O3/c1-12(29-10-22(24,25)11-29)28-13-3-4-19(16(23)7-13)32-18-5-6-27-17-9-20(31-2)15(21(26)30)8-14(17)18/h3-9,28H,1,10-11H2,2H3,(H2,26,30). The van der Waals surface area contributed by atoms with Crippen LogP contribution in [-0.4, -0.2) is 41.9 Å². The first-order valence-corrected chi connectivity index (χ1v) is 9.49. The van der Waals surface area contributed by atoms with Crippen LogP contribution in [0.1, 0.15) is 10.4 Å². The first kappa shape index (κ1) is 21.3. The Hall–Kier alpha value is -3.95. The molecule has 2 heterocycles. The fraction of sp³-hybridized carbons (Fsp3) is 0.182. The third-order valence-electron chi connectivity index (χ3n) is 4.95. The molecule has 1 aliphatic rings. The smallest absolute Gasteiger partial charge is 0.282 e. The summed E-state index contributed by atoms with van der Waals surface area (Å²) in [4.78, 5) is 17.3. The molecule has 166 valence electrons. The number of benzene rings is 2. The number of hydrogen-bond donors (Lipinski definition) is 2. The fourth-order valence-electron chi connectivity index (χ4n) is 3.33. The zero-order valence-electron chi connectivity index (χ0n) is 17.0. The average molecular weight is 444 g/mol. The van der Waals surface area contributed by atoms with Crippen molar-refractivity contribution < 1.29 is 27.4 Å². The topological polar surface area (TPSA) is 89.7 Å². The van der Waals surface area contributed by atoms with E-state index in [0.29, 0.717) is 16.6 Å². The van der Waals surface area contributed by atoms with Crippen LogP contribution in [0.2, 0.25) is 0 Å². The second-order valence-corrected chi connectivity index (χ2v) is 7.27. The maximum Gasteiger partial charge on any atom is 0.282 e. The zero-order valence-corrected chi connectivity index (χ0v) is 17.0. The van der Waals surface area contributed by atoms with E-state index in [9.17, 15) is 18.0 Å². The summed E-state index contributed by atoms with van der Waals surface area (Å²) < 4.78 is 51.6. The van der Waals surface area contributed by atoms with Gasteiger partial charge in [0.1, 0.15) is 11.5 Å². The van der Waals surface area contributed by atoms with Crippen molar-refractivity contribution >= 4 is 22.5 Å². The van der Waals surface area contributed by atoms with Crippen molar-refractivity contribution in [1.29, 1.82) is 0 Å².